The first-order valence-corrected chi connectivity index (χ1v) is 6.82. The maximum atomic E-state index is 6.30. The summed E-state index contributed by atoms with van der Waals surface area (Å²) in [5.74, 6) is 0. The summed E-state index contributed by atoms with van der Waals surface area (Å²) in [6.07, 6.45) is 5.40. The quantitative estimate of drug-likeness (QED) is 0.868. The SMILES string of the molecule is CC1CCCCCN1CC(N)c1ccccc1. The third kappa shape index (κ3) is 3.55. The highest BCUT2D eigenvalue weighted by Crippen LogP contribution is 2.19. The molecule has 2 atom stereocenters. The third-order valence-electron chi connectivity index (χ3n) is 3.85. The Kier molecular flexibility index (Phi) is 4.57. The Hall–Kier alpha value is -0.860. The summed E-state index contributed by atoms with van der Waals surface area (Å²) in [5.41, 5.74) is 7.55. The zero-order valence-electron chi connectivity index (χ0n) is 10.8. The van der Waals surface area contributed by atoms with Crippen LogP contribution in [0.3, 0.4) is 0 Å². The van der Waals surface area contributed by atoms with Crippen molar-refractivity contribution in [2.24, 2.45) is 5.73 Å². The van der Waals surface area contributed by atoms with Gasteiger partial charge in [0.2, 0.25) is 0 Å². The number of nitrogens with two attached hydrogens (primary N) is 1. The summed E-state index contributed by atoms with van der Waals surface area (Å²) in [5, 5.41) is 0. The van der Waals surface area contributed by atoms with Crippen molar-refractivity contribution in [3.63, 3.8) is 0 Å². The first kappa shape index (κ1) is 12.6. The zero-order valence-corrected chi connectivity index (χ0v) is 10.8. The van der Waals surface area contributed by atoms with Crippen LogP contribution in [0.1, 0.15) is 44.2 Å². The minimum absolute atomic E-state index is 0.150. The van der Waals surface area contributed by atoms with Gasteiger partial charge in [-0.3, -0.25) is 4.90 Å². The molecule has 0 aromatic heterocycles. The topological polar surface area (TPSA) is 29.3 Å². The van der Waals surface area contributed by atoms with Crippen molar-refractivity contribution in [3.8, 4) is 0 Å². The normalized spacial score (nSPS) is 24.2. The first-order valence-electron chi connectivity index (χ1n) is 6.82. The van der Waals surface area contributed by atoms with Gasteiger partial charge < -0.3 is 5.73 Å². The van der Waals surface area contributed by atoms with Crippen LogP contribution >= 0.6 is 0 Å². The minimum Gasteiger partial charge on any atom is -0.323 e. The van der Waals surface area contributed by atoms with Crippen molar-refractivity contribution in [2.45, 2.75) is 44.7 Å². The van der Waals surface area contributed by atoms with E-state index in [0.29, 0.717) is 6.04 Å². The molecule has 2 unspecified atom stereocenters. The second-order valence-corrected chi connectivity index (χ2v) is 5.21. The van der Waals surface area contributed by atoms with Crippen LogP contribution in [0.25, 0.3) is 0 Å². The van der Waals surface area contributed by atoms with E-state index < -0.39 is 0 Å². The lowest BCUT2D eigenvalue weighted by Crippen LogP contribution is -2.38. The number of likely N-dealkylation sites (tertiary alicyclic amines) is 1. The molecule has 2 rings (SSSR count). The third-order valence-corrected chi connectivity index (χ3v) is 3.85. The van der Waals surface area contributed by atoms with E-state index >= 15 is 0 Å². The molecule has 0 amide bonds. The molecule has 1 aromatic carbocycles. The van der Waals surface area contributed by atoms with Crippen molar-refractivity contribution < 1.29 is 0 Å². The van der Waals surface area contributed by atoms with Crippen LogP contribution < -0.4 is 5.73 Å². The van der Waals surface area contributed by atoms with Crippen LogP contribution in [0.5, 0.6) is 0 Å². The number of benzene rings is 1. The predicted octanol–water partition coefficient (Wildman–Crippen LogP) is 2.95. The maximum absolute atomic E-state index is 6.30. The van der Waals surface area contributed by atoms with E-state index in [1.165, 1.54) is 37.8 Å². The molecule has 1 aliphatic rings. The summed E-state index contributed by atoms with van der Waals surface area (Å²) < 4.78 is 0. The highest BCUT2D eigenvalue weighted by molar-refractivity contribution is 5.18. The fourth-order valence-corrected chi connectivity index (χ4v) is 2.66. The molecular weight excluding hydrogens is 208 g/mol. The molecule has 2 nitrogen and oxygen atoms in total. The molecule has 2 N–H and O–H groups in total. The fourth-order valence-electron chi connectivity index (χ4n) is 2.66. The van der Waals surface area contributed by atoms with Gasteiger partial charge in [-0.2, -0.15) is 0 Å². The summed E-state index contributed by atoms with van der Waals surface area (Å²) in [6.45, 7) is 4.54. The average molecular weight is 232 g/mol. The largest absolute Gasteiger partial charge is 0.323 e. The fraction of sp³-hybridized carbons (Fsp3) is 0.600. The van der Waals surface area contributed by atoms with Gasteiger partial charge in [-0.25, -0.2) is 0 Å². The van der Waals surface area contributed by atoms with Gasteiger partial charge in [0.25, 0.3) is 0 Å². The van der Waals surface area contributed by atoms with Gasteiger partial charge >= 0.3 is 0 Å². The number of nitrogens with zero attached hydrogens (tertiary/aromatic N) is 1. The predicted molar refractivity (Wildman–Crippen MR) is 72.9 cm³/mol. The van der Waals surface area contributed by atoms with Gasteiger partial charge in [0.05, 0.1) is 0 Å². The van der Waals surface area contributed by atoms with Crippen LogP contribution in [0.2, 0.25) is 0 Å². The highest BCUT2D eigenvalue weighted by atomic mass is 15.2. The van der Waals surface area contributed by atoms with E-state index in [9.17, 15) is 0 Å². The van der Waals surface area contributed by atoms with Crippen molar-refractivity contribution in [3.05, 3.63) is 35.9 Å². The summed E-state index contributed by atoms with van der Waals surface area (Å²) in [4.78, 5) is 2.56. The van der Waals surface area contributed by atoms with Crippen LogP contribution in [-0.4, -0.2) is 24.0 Å². The van der Waals surface area contributed by atoms with Gasteiger partial charge in [-0.15, -0.1) is 0 Å². The zero-order chi connectivity index (χ0) is 12.1. The lowest BCUT2D eigenvalue weighted by molar-refractivity contribution is 0.201. The number of hydrogen-bond acceptors (Lipinski definition) is 2. The molecule has 94 valence electrons. The molecule has 1 heterocycles. The second kappa shape index (κ2) is 6.18. The summed E-state index contributed by atoms with van der Waals surface area (Å²) in [7, 11) is 0. The molecule has 1 aliphatic heterocycles. The van der Waals surface area contributed by atoms with E-state index in [1.807, 2.05) is 6.07 Å². The second-order valence-electron chi connectivity index (χ2n) is 5.21. The molecule has 0 saturated carbocycles. The Morgan fingerprint density at radius 2 is 2.00 bits per heavy atom. The Morgan fingerprint density at radius 3 is 2.76 bits per heavy atom. The van der Waals surface area contributed by atoms with Crippen LogP contribution in [0, 0.1) is 0 Å². The Labute approximate surface area is 105 Å². The molecule has 1 saturated heterocycles. The molecule has 0 aliphatic carbocycles. The Bertz CT molecular complexity index is 323. The molecule has 2 heteroatoms. The van der Waals surface area contributed by atoms with Crippen LogP contribution in [-0.2, 0) is 0 Å². The van der Waals surface area contributed by atoms with Crippen LogP contribution in [0.15, 0.2) is 30.3 Å². The maximum Gasteiger partial charge on any atom is 0.0424 e. The van der Waals surface area contributed by atoms with Crippen LogP contribution in [0.4, 0.5) is 0 Å². The van der Waals surface area contributed by atoms with E-state index in [1.54, 1.807) is 0 Å². The average Bonchev–Trinajstić information content (AvgIpc) is 2.56. The lowest BCUT2D eigenvalue weighted by Gasteiger charge is -2.29. The lowest BCUT2D eigenvalue weighted by atomic mass is 10.1. The van der Waals surface area contributed by atoms with Crippen molar-refractivity contribution in [1.82, 2.24) is 4.90 Å². The Balaban J connectivity index is 1.95. The standard InChI is InChI=1S/C15H24N2/c1-13-8-4-3-7-11-17(13)12-15(16)14-9-5-2-6-10-14/h2,5-6,9-10,13,15H,3-4,7-8,11-12,16H2,1H3. The number of hydrogen-bond donors (Lipinski definition) is 1. The molecule has 0 spiro atoms. The molecular formula is C15H24N2. The van der Waals surface area contributed by atoms with Gasteiger partial charge in [-0.05, 0) is 31.9 Å². The van der Waals surface area contributed by atoms with Gasteiger partial charge in [-0.1, -0.05) is 43.2 Å². The molecule has 0 radical (unpaired) electrons. The molecule has 1 fully saturated rings. The minimum atomic E-state index is 0.150. The van der Waals surface area contributed by atoms with Gasteiger partial charge in [0.15, 0.2) is 0 Å². The number of rotatable bonds is 3. The van der Waals surface area contributed by atoms with E-state index in [2.05, 4.69) is 36.1 Å². The molecule has 17 heavy (non-hydrogen) atoms. The highest BCUT2D eigenvalue weighted by Gasteiger charge is 2.19. The summed E-state index contributed by atoms with van der Waals surface area (Å²) >= 11 is 0. The van der Waals surface area contributed by atoms with E-state index in [4.69, 9.17) is 5.73 Å². The monoisotopic (exact) mass is 232 g/mol. The first-order chi connectivity index (χ1) is 8.27. The van der Waals surface area contributed by atoms with E-state index in [0.717, 1.165) is 6.54 Å². The van der Waals surface area contributed by atoms with Crippen molar-refractivity contribution in [2.75, 3.05) is 13.1 Å². The smallest absolute Gasteiger partial charge is 0.0424 e. The Morgan fingerprint density at radius 1 is 1.24 bits per heavy atom. The van der Waals surface area contributed by atoms with Gasteiger partial charge in [0, 0.05) is 18.6 Å². The summed E-state index contributed by atoms with van der Waals surface area (Å²) in [6, 6.07) is 11.3. The van der Waals surface area contributed by atoms with Gasteiger partial charge in [0.1, 0.15) is 0 Å². The molecule has 0 bridgehead atoms. The van der Waals surface area contributed by atoms with Crippen molar-refractivity contribution >= 4 is 0 Å². The van der Waals surface area contributed by atoms with Crippen molar-refractivity contribution in [1.29, 1.82) is 0 Å². The van der Waals surface area contributed by atoms with E-state index in [-0.39, 0.29) is 6.04 Å². The molecule has 1 aromatic rings.